The molecule has 1 aromatic carbocycles. The lowest BCUT2D eigenvalue weighted by Crippen LogP contribution is -2.50. The van der Waals surface area contributed by atoms with Crippen molar-refractivity contribution >= 4 is 17.5 Å². The van der Waals surface area contributed by atoms with Crippen LogP contribution in [-0.2, 0) is 4.79 Å². The highest BCUT2D eigenvalue weighted by Crippen LogP contribution is 2.22. The van der Waals surface area contributed by atoms with E-state index in [1.54, 1.807) is 0 Å². The molecule has 1 aliphatic rings. The lowest BCUT2D eigenvalue weighted by atomic mass is 10.1. The molecule has 1 fully saturated rings. The van der Waals surface area contributed by atoms with Gasteiger partial charge in [-0.1, -0.05) is 0 Å². The summed E-state index contributed by atoms with van der Waals surface area (Å²) in [5, 5.41) is 15.6. The van der Waals surface area contributed by atoms with Gasteiger partial charge in [-0.3, -0.25) is 19.7 Å². The van der Waals surface area contributed by atoms with Gasteiger partial charge in [0.25, 0.3) is 11.6 Å². The van der Waals surface area contributed by atoms with Crippen LogP contribution in [0.2, 0.25) is 0 Å². The molecule has 112 valence electrons. The van der Waals surface area contributed by atoms with E-state index in [-0.39, 0.29) is 0 Å². The normalized spacial score (nSPS) is 18.0. The Balaban J connectivity index is 2.28. The van der Waals surface area contributed by atoms with Crippen molar-refractivity contribution in [3.8, 4) is 0 Å². The zero-order valence-corrected chi connectivity index (χ0v) is 10.7. The molecule has 1 unspecified atom stereocenters. The molecule has 2 rings (SSSR count). The lowest BCUT2D eigenvalue weighted by molar-refractivity contribution is -0.385. The van der Waals surface area contributed by atoms with Crippen molar-refractivity contribution < 1.29 is 23.3 Å². The molecule has 1 aliphatic heterocycles. The number of nitrogens with one attached hydrogen (secondary N) is 2. The number of hydrogen-bond donors (Lipinski definition) is 2. The van der Waals surface area contributed by atoms with Gasteiger partial charge in [0.05, 0.1) is 11.0 Å². The van der Waals surface area contributed by atoms with E-state index in [2.05, 4.69) is 10.6 Å². The molecule has 1 saturated heterocycles. The summed E-state index contributed by atoms with van der Waals surface area (Å²) in [4.78, 5) is 33.3. The van der Waals surface area contributed by atoms with Crippen LogP contribution in [0.15, 0.2) is 12.1 Å². The van der Waals surface area contributed by atoms with Gasteiger partial charge in [-0.05, 0) is 18.9 Å². The smallest absolute Gasteiger partial charge is 0.285 e. The highest BCUT2D eigenvalue weighted by atomic mass is 19.2. The summed E-state index contributed by atoms with van der Waals surface area (Å²) in [7, 11) is 0. The Kier molecular flexibility index (Phi) is 4.10. The maximum atomic E-state index is 13.2. The van der Waals surface area contributed by atoms with Gasteiger partial charge < -0.3 is 10.6 Å². The van der Waals surface area contributed by atoms with Crippen LogP contribution in [0.4, 0.5) is 14.5 Å². The second-order valence-corrected chi connectivity index (χ2v) is 4.50. The first-order chi connectivity index (χ1) is 9.90. The van der Waals surface area contributed by atoms with E-state index in [4.69, 9.17) is 0 Å². The summed E-state index contributed by atoms with van der Waals surface area (Å²) in [6, 6.07) is -0.0617. The zero-order chi connectivity index (χ0) is 15.6. The van der Waals surface area contributed by atoms with Crippen molar-refractivity contribution in [3.63, 3.8) is 0 Å². The van der Waals surface area contributed by atoms with Crippen LogP contribution in [0.1, 0.15) is 23.2 Å². The van der Waals surface area contributed by atoms with Crippen molar-refractivity contribution in [1.82, 2.24) is 10.6 Å². The fraction of sp³-hybridized carbons (Fsp3) is 0.333. The van der Waals surface area contributed by atoms with Gasteiger partial charge in [-0.2, -0.15) is 0 Å². The highest BCUT2D eigenvalue weighted by molar-refractivity contribution is 6.00. The summed E-state index contributed by atoms with van der Waals surface area (Å²) in [5.41, 5.74) is -1.49. The fourth-order valence-electron chi connectivity index (χ4n) is 2.02. The van der Waals surface area contributed by atoms with Crippen LogP contribution in [-0.4, -0.2) is 29.3 Å². The molecule has 9 heteroatoms. The quantitative estimate of drug-likeness (QED) is 0.639. The van der Waals surface area contributed by atoms with E-state index in [1.165, 1.54) is 0 Å². The largest absolute Gasteiger partial charge is 0.354 e. The molecule has 0 aromatic heterocycles. The van der Waals surface area contributed by atoms with Crippen molar-refractivity contribution in [2.75, 3.05) is 6.54 Å². The Hall–Kier alpha value is -2.58. The molecule has 21 heavy (non-hydrogen) atoms. The van der Waals surface area contributed by atoms with Gasteiger partial charge in [0.2, 0.25) is 5.91 Å². The maximum absolute atomic E-state index is 13.2. The van der Waals surface area contributed by atoms with Crippen LogP contribution in [0.5, 0.6) is 0 Å². The Morgan fingerprint density at radius 3 is 2.67 bits per heavy atom. The first-order valence-electron chi connectivity index (χ1n) is 6.12. The molecule has 1 atom stereocenters. The van der Waals surface area contributed by atoms with Crippen molar-refractivity contribution in [1.29, 1.82) is 0 Å². The third-order valence-corrected chi connectivity index (χ3v) is 3.07. The summed E-state index contributed by atoms with van der Waals surface area (Å²) < 4.78 is 26.2. The van der Waals surface area contributed by atoms with Crippen LogP contribution >= 0.6 is 0 Å². The first kappa shape index (κ1) is 14.8. The summed E-state index contributed by atoms with van der Waals surface area (Å²) in [6.07, 6.45) is 1.01. The van der Waals surface area contributed by atoms with E-state index >= 15 is 0 Å². The topological polar surface area (TPSA) is 101 Å². The lowest BCUT2D eigenvalue weighted by Gasteiger charge is -2.22. The molecule has 0 bridgehead atoms. The second-order valence-electron chi connectivity index (χ2n) is 4.50. The number of hydrogen-bond acceptors (Lipinski definition) is 4. The maximum Gasteiger partial charge on any atom is 0.285 e. The van der Waals surface area contributed by atoms with Gasteiger partial charge in [0.1, 0.15) is 11.6 Å². The predicted molar refractivity (Wildman–Crippen MR) is 66.5 cm³/mol. The van der Waals surface area contributed by atoms with Crippen LogP contribution in [0.3, 0.4) is 0 Å². The molecular weight excluding hydrogens is 288 g/mol. The Morgan fingerprint density at radius 2 is 2.05 bits per heavy atom. The zero-order valence-electron chi connectivity index (χ0n) is 10.7. The average Bonchev–Trinajstić information content (AvgIpc) is 2.43. The third-order valence-electron chi connectivity index (χ3n) is 3.07. The minimum absolute atomic E-state index is 0.338. The van der Waals surface area contributed by atoms with Crippen molar-refractivity contribution in [2.45, 2.75) is 18.9 Å². The van der Waals surface area contributed by atoms with E-state index in [9.17, 15) is 28.5 Å². The number of halogens is 2. The van der Waals surface area contributed by atoms with Crippen molar-refractivity contribution in [2.24, 2.45) is 0 Å². The average molecular weight is 299 g/mol. The molecule has 0 aliphatic carbocycles. The van der Waals surface area contributed by atoms with Crippen LogP contribution in [0, 0.1) is 21.7 Å². The summed E-state index contributed by atoms with van der Waals surface area (Å²) in [5.74, 6) is -4.21. The molecule has 0 radical (unpaired) electrons. The number of rotatable bonds is 3. The van der Waals surface area contributed by atoms with E-state index in [0.29, 0.717) is 31.5 Å². The minimum Gasteiger partial charge on any atom is -0.354 e. The molecule has 2 N–H and O–H groups in total. The van der Waals surface area contributed by atoms with Crippen LogP contribution in [0.25, 0.3) is 0 Å². The Bertz CT molecular complexity index is 621. The number of carbonyl (C=O) groups excluding carboxylic acids is 2. The molecule has 7 nitrogen and oxygen atoms in total. The number of nitrogens with zero attached hydrogens (tertiary/aromatic N) is 1. The Labute approximate surface area is 117 Å². The molecule has 2 amide bonds. The van der Waals surface area contributed by atoms with Gasteiger partial charge in [-0.15, -0.1) is 0 Å². The predicted octanol–water partition coefficient (Wildman–Crippen LogP) is 0.881. The molecule has 1 aromatic rings. The fourth-order valence-corrected chi connectivity index (χ4v) is 2.02. The molecule has 0 spiro atoms. The van der Waals surface area contributed by atoms with E-state index in [0.717, 1.165) is 0 Å². The van der Waals surface area contributed by atoms with Gasteiger partial charge >= 0.3 is 0 Å². The van der Waals surface area contributed by atoms with E-state index in [1.807, 2.05) is 0 Å². The van der Waals surface area contributed by atoms with Crippen molar-refractivity contribution in [3.05, 3.63) is 39.4 Å². The van der Waals surface area contributed by atoms with Gasteiger partial charge in [0.15, 0.2) is 11.6 Å². The number of benzene rings is 1. The number of amides is 2. The minimum atomic E-state index is -1.42. The van der Waals surface area contributed by atoms with Gasteiger partial charge in [-0.25, -0.2) is 8.78 Å². The third kappa shape index (κ3) is 3.12. The number of piperidine rings is 1. The van der Waals surface area contributed by atoms with Gasteiger partial charge in [0, 0.05) is 6.54 Å². The molecule has 1 heterocycles. The van der Waals surface area contributed by atoms with Crippen LogP contribution < -0.4 is 10.6 Å². The second kappa shape index (κ2) is 5.81. The number of carbonyl (C=O) groups is 2. The first-order valence-corrected chi connectivity index (χ1v) is 6.12. The Morgan fingerprint density at radius 1 is 1.38 bits per heavy atom. The highest BCUT2D eigenvalue weighted by Gasteiger charge is 2.28. The standard InChI is InChI=1S/C12H11F2N3O4/c13-7-4-6(10(17(20)21)5-8(7)14)11(18)16-9-2-1-3-15-12(9)19/h4-5,9H,1-3H2,(H,15,19)(H,16,18). The summed E-state index contributed by atoms with van der Waals surface area (Å²) >= 11 is 0. The van der Waals surface area contributed by atoms with E-state index < -0.39 is 45.7 Å². The molecule has 0 saturated carbocycles. The number of nitro groups is 1. The summed E-state index contributed by atoms with van der Waals surface area (Å²) in [6.45, 7) is 0.483. The molecular formula is C12H11F2N3O4. The SMILES string of the molecule is O=C(NC1CCCNC1=O)c1cc(F)c(F)cc1[N+](=O)[O-]. The number of nitro benzene ring substituents is 1. The monoisotopic (exact) mass is 299 g/mol.